The van der Waals surface area contributed by atoms with Gasteiger partial charge in [0.1, 0.15) is 15.8 Å². The molecule has 4 aromatic rings. The highest BCUT2D eigenvalue weighted by molar-refractivity contribution is 7.91. The quantitative estimate of drug-likeness (QED) is 0.253. The highest BCUT2D eigenvalue weighted by Gasteiger charge is 2.27. The number of aromatic nitrogens is 1. The molecule has 6 nitrogen and oxygen atoms in total. The summed E-state index contributed by atoms with van der Waals surface area (Å²) in [6.45, 7) is 4.93. The molecule has 0 atom stereocenters. The Morgan fingerprint density at radius 1 is 1.14 bits per heavy atom. The van der Waals surface area contributed by atoms with Gasteiger partial charge in [-0.25, -0.2) is 17.8 Å². The van der Waals surface area contributed by atoms with Gasteiger partial charge < -0.3 is 5.32 Å². The Hall–Kier alpha value is -2.37. The molecule has 37 heavy (non-hydrogen) atoms. The molecule has 196 valence electrons. The van der Waals surface area contributed by atoms with Gasteiger partial charge in [0.25, 0.3) is 0 Å². The average molecular weight is 580 g/mol. The Bertz CT molecular complexity index is 1480. The monoisotopic (exact) mass is 579 g/mol. The molecule has 0 radical (unpaired) electrons. The number of sulfone groups is 1. The number of carbonyl (C=O) groups excluding carboxylic acids is 1. The van der Waals surface area contributed by atoms with Gasteiger partial charge in [0.05, 0.1) is 20.9 Å². The standard InChI is InChI=1S/C26H26FN3O3S3.ClH/c1-2-30-14-13-19-22(16-30)35-26(24(19)25-28-20-6-3-4-7-21(20)34-25)29-23(31)8-5-15-36(32,33)18-11-9-17(27)10-12-18;/h3-4,6-7,9-12H,2,5,8,13-16H2,1H3,(H,29,31);1H. The number of anilines is 1. The fourth-order valence-electron chi connectivity index (χ4n) is 4.39. The van der Waals surface area contributed by atoms with E-state index in [0.717, 1.165) is 64.0 Å². The number of amides is 1. The fourth-order valence-corrected chi connectivity index (χ4v) is 8.12. The summed E-state index contributed by atoms with van der Waals surface area (Å²) >= 11 is 3.21. The SMILES string of the molecule is CCN1CCc2c(sc(NC(=O)CCCS(=O)(=O)c3ccc(F)cc3)c2-c2nc3ccccc3s2)C1.Cl. The van der Waals surface area contributed by atoms with Gasteiger partial charge in [-0.1, -0.05) is 19.1 Å². The lowest BCUT2D eigenvalue weighted by atomic mass is 10.0. The van der Waals surface area contributed by atoms with E-state index >= 15 is 0 Å². The van der Waals surface area contributed by atoms with E-state index in [1.807, 2.05) is 24.3 Å². The first-order chi connectivity index (χ1) is 17.3. The van der Waals surface area contributed by atoms with E-state index in [-0.39, 0.29) is 41.8 Å². The number of benzene rings is 2. The molecule has 5 rings (SSSR count). The van der Waals surface area contributed by atoms with Crippen molar-refractivity contribution >= 4 is 66.0 Å². The second-order valence-corrected chi connectivity index (χ2v) is 13.0. The van der Waals surface area contributed by atoms with Crippen molar-refractivity contribution in [2.45, 2.75) is 37.6 Å². The lowest BCUT2D eigenvalue weighted by molar-refractivity contribution is -0.116. The maximum atomic E-state index is 13.1. The number of thiazole rings is 1. The van der Waals surface area contributed by atoms with E-state index in [4.69, 9.17) is 4.98 Å². The number of fused-ring (bicyclic) bond motifs is 2. The van der Waals surface area contributed by atoms with E-state index < -0.39 is 15.7 Å². The normalized spacial score (nSPS) is 13.8. The largest absolute Gasteiger partial charge is 0.317 e. The number of likely N-dealkylation sites (N-methyl/N-ethyl adjacent to an activating group) is 1. The smallest absolute Gasteiger partial charge is 0.225 e. The molecular weight excluding hydrogens is 553 g/mol. The molecule has 3 heterocycles. The number of nitrogens with one attached hydrogen (secondary N) is 1. The lowest BCUT2D eigenvalue weighted by Crippen LogP contribution is -2.29. The van der Waals surface area contributed by atoms with Crippen LogP contribution in [0, 0.1) is 5.82 Å². The van der Waals surface area contributed by atoms with Crippen molar-refractivity contribution in [2.24, 2.45) is 0 Å². The zero-order valence-electron chi connectivity index (χ0n) is 20.2. The number of thiophene rings is 1. The first-order valence-electron chi connectivity index (χ1n) is 11.8. The van der Waals surface area contributed by atoms with Crippen molar-refractivity contribution in [1.29, 1.82) is 0 Å². The number of rotatable bonds is 8. The summed E-state index contributed by atoms with van der Waals surface area (Å²) in [5.74, 6) is -0.890. The van der Waals surface area contributed by atoms with Crippen LogP contribution in [0.25, 0.3) is 20.8 Å². The maximum Gasteiger partial charge on any atom is 0.225 e. The van der Waals surface area contributed by atoms with Crippen molar-refractivity contribution in [3.8, 4) is 10.6 Å². The van der Waals surface area contributed by atoms with Gasteiger partial charge >= 0.3 is 0 Å². The summed E-state index contributed by atoms with van der Waals surface area (Å²) in [4.78, 5) is 21.4. The maximum absolute atomic E-state index is 13.1. The summed E-state index contributed by atoms with van der Waals surface area (Å²) < 4.78 is 39.3. The van der Waals surface area contributed by atoms with Crippen molar-refractivity contribution in [1.82, 2.24) is 9.88 Å². The Balaban J connectivity index is 0.00000320. The molecule has 1 aliphatic rings. The minimum atomic E-state index is -3.58. The molecule has 2 aromatic carbocycles. The van der Waals surface area contributed by atoms with Crippen LogP contribution in [0.1, 0.15) is 30.2 Å². The third kappa shape index (κ3) is 6.04. The molecule has 11 heteroatoms. The molecule has 1 N–H and O–H groups in total. The fraction of sp³-hybridized carbons (Fsp3) is 0.308. The number of hydrogen-bond donors (Lipinski definition) is 1. The van der Waals surface area contributed by atoms with Crippen LogP contribution in [0.15, 0.2) is 53.4 Å². The molecule has 0 aliphatic carbocycles. The van der Waals surface area contributed by atoms with Gasteiger partial charge in [-0.2, -0.15) is 0 Å². The predicted molar refractivity (Wildman–Crippen MR) is 151 cm³/mol. The highest BCUT2D eigenvalue weighted by Crippen LogP contribution is 2.45. The van der Waals surface area contributed by atoms with Crippen LogP contribution >= 0.6 is 35.1 Å². The van der Waals surface area contributed by atoms with Gasteiger partial charge in [0.15, 0.2) is 9.84 Å². The number of halogens is 2. The molecule has 0 spiro atoms. The van der Waals surface area contributed by atoms with E-state index in [1.165, 1.54) is 22.6 Å². The molecule has 0 fully saturated rings. The molecule has 0 saturated heterocycles. The molecular formula is C26H27ClFN3O3S3. The number of nitrogens with zero attached hydrogens (tertiary/aromatic N) is 2. The van der Waals surface area contributed by atoms with Gasteiger partial charge in [0.2, 0.25) is 5.91 Å². The molecule has 0 bridgehead atoms. The third-order valence-corrected chi connectivity index (χ3v) is 10.3. The number of para-hydroxylation sites is 1. The highest BCUT2D eigenvalue weighted by atomic mass is 35.5. The summed E-state index contributed by atoms with van der Waals surface area (Å²) in [5.41, 5.74) is 3.18. The Kier molecular flexibility index (Phi) is 8.65. The van der Waals surface area contributed by atoms with Gasteiger partial charge in [-0.05, 0) is 61.3 Å². The molecule has 0 saturated carbocycles. The van der Waals surface area contributed by atoms with Crippen molar-refractivity contribution in [2.75, 3.05) is 24.2 Å². The lowest BCUT2D eigenvalue weighted by Gasteiger charge is -2.25. The summed E-state index contributed by atoms with van der Waals surface area (Å²) in [6.07, 6.45) is 1.15. The first kappa shape index (κ1) is 27.7. The zero-order valence-corrected chi connectivity index (χ0v) is 23.5. The second kappa shape index (κ2) is 11.6. The minimum Gasteiger partial charge on any atom is -0.317 e. The van der Waals surface area contributed by atoms with Crippen molar-refractivity contribution in [3.63, 3.8) is 0 Å². The summed E-state index contributed by atoms with van der Waals surface area (Å²) in [5, 5.41) is 4.74. The first-order valence-corrected chi connectivity index (χ1v) is 15.1. The Labute approximate surface area is 229 Å². The van der Waals surface area contributed by atoms with Crippen LogP contribution < -0.4 is 5.32 Å². The Morgan fingerprint density at radius 2 is 1.89 bits per heavy atom. The van der Waals surface area contributed by atoms with Crippen LogP contribution in [-0.4, -0.2) is 43.1 Å². The second-order valence-electron chi connectivity index (χ2n) is 8.74. The minimum absolute atomic E-state index is 0. The van der Waals surface area contributed by atoms with E-state index in [1.54, 1.807) is 22.7 Å². The Morgan fingerprint density at radius 3 is 2.62 bits per heavy atom. The van der Waals surface area contributed by atoms with Crippen LogP contribution in [0.4, 0.5) is 9.39 Å². The van der Waals surface area contributed by atoms with Gasteiger partial charge in [0, 0.05) is 30.0 Å². The third-order valence-electron chi connectivity index (χ3n) is 6.33. The number of hydrogen-bond acceptors (Lipinski definition) is 7. The number of carbonyl (C=O) groups is 1. The van der Waals surface area contributed by atoms with Gasteiger partial charge in [-0.15, -0.1) is 35.1 Å². The van der Waals surface area contributed by atoms with Crippen molar-refractivity contribution < 1.29 is 17.6 Å². The van der Waals surface area contributed by atoms with Crippen LogP contribution in [0.3, 0.4) is 0 Å². The van der Waals surface area contributed by atoms with Crippen molar-refractivity contribution in [3.05, 3.63) is 64.8 Å². The van der Waals surface area contributed by atoms with Gasteiger partial charge in [-0.3, -0.25) is 9.69 Å². The van der Waals surface area contributed by atoms with Crippen LogP contribution in [0.5, 0.6) is 0 Å². The summed E-state index contributed by atoms with van der Waals surface area (Å²) in [6, 6.07) is 12.8. The molecule has 0 unspecified atom stereocenters. The van der Waals surface area contributed by atoms with Crippen LogP contribution in [-0.2, 0) is 27.6 Å². The molecule has 2 aromatic heterocycles. The van der Waals surface area contributed by atoms with Crippen LogP contribution in [0.2, 0.25) is 0 Å². The predicted octanol–water partition coefficient (Wildman–Crippen LogP) is 6.16. The van der Waals surface area contributed by atoms with E-state index in [0.29, 0.717) is 0 Å². The topological polar surface area (TPSA) is 79.4 Å². The zero-order chi connectivity index (χ0) is 25.3. The average Bonchev–Trinajstić information content (AvgIpc) is 3.44. The summed E-state index contributed by atoms with van der Waals surface area (Å²) in [7, 11) is -3.58. The van der Waals surface area contributed by atoms with E-state index in [2.05, 4.69) is 17.1 Å². The molecule has 1 amide bonds. The molecule has 1 aliphatic heterocycles. The van der Waals surface area contributed by atoms with E-state index in [9.17, 15) is 17.6 Å².